The van der Waals surface area contributed by atoms with Crippen molar-refractivity contribution in [2.45, 2.75) is 13.1 Å². The molecule has 0 amide bonds. The van der Waals surface area contributed by atoms with E-state index in [0.717, 1.165) is 9.52 Å². The van der Waals surface area contributed by atoms with E-state index in [9.17, 15) is 0 Å². The van der Waals surface area contributed by atoms with Crippen LogP contribution in [0, 0.1) is 14.4 Å². The van der Waals surface area contributed by atoms with Gasteiger partial charge in [0.15, 0.2) is 0 Å². The van der Waals surface area contributed by atoms with Gasteiger partial charge in [0.1, 0.15) is 0 Å². The van der Waals surface area contributed by atoms with E-state index in [4.69, 9.17) is 7.92 Å². The molecule has 0 aromatic heterocycles. The van der Waals surface area contributed by atoms with Gasteiger partial charge in [0.2, 0.25) is 0 Å². The fourth-order valence-electron chi connectivity index (χ4n) is 1.07. The largest absolute Gasteiger partial charge is 0.168 e. The summed E-state index contributed by atoms with van der Waals surface area (Å²) in [6.45, 7) is 10.1. The van der Waals surface area contributed by atoms with Crippen LogP contribution >= 0.6 is 24.8 Å². The monoisotopic (exact) mass is 439 g/mol. The predicted octanol–water partition coefficient (Wildman–Crippen LogP) is 3.95. The van der Waals surface area contributed by atoms with Gasteiger partial charge >= 0.3 is 31.5 Å². The van der Waals surface area contributed by atoms with Gasteiger partial charge in [-0.25, -0.2) is 0 Å². The Kier molecular flexibility index (Phi) is 45.2. The summed E-state index contributed by atoms with van der Waals surface area (Å²) < 4.78 is 9.01. The fraction of sp³-hybridized carbons (Fsp3) is 0.214. The molecule has 0 saturated heterocycles. The summed E-state index contributed by atoms with van der Waals surface area (Å²) in [6, 6.07) is 14.7. The number of hydrogen-bond acceptors (Lipinski definition) is 2. The summed E-state index contributed by atoms with van der Waals surface area (Å²) in [7, 11) is 1.08. The standard InChI is InChI=1S/C9H7.C2H5O.C2H6Si.CH3.2ClH.O.Si.Zr/c1-2-5-9-7-3-6-8(9)4-1;1-2-3;1-3-2;;;;;;/h1-7H;3H,1-2H2;1-2H3;1H3;2*1H;;;/q2*-1;;-1;;;;;. The van der Waals surface area contributed by atoms with Crippen LogP contribution in [0.3, 0.4) is 0 Å². The first kappa shape index (κ1) is 33.2. The van der Waals surface area contributed by atoms with Crippen LogP contribution in [0.4, 0.5) is 0 Å². The number of aliphatic hydroxyl groups excluding tert-OH is 1. The van der Waals surface area contributed by atoms with E-state index < -0.39 is 21.9 Å². The Hall–Kier alpha value is 0.487. The fourth-order valence-corrected chi connectivity index (χ4v) is 1.07. The maximum Gasteiger partial charge on any atom is -0.0809 e. The first-order valence-electron chi connectivity index (χ1n) is 5.34. The van der Waals surface area contributed by atoms with Crippen molar-refractivity contribution in [2.24, 2.45) is 0 Å². The third-order valence-electron chi connectivity index (χ3n) is 1.55. The molecule has 0 aliphatic heterocycles. The van der Waals surface area contributed by atoms with Crippen LogP contribution in [-0.4, -0.2) is 28.1 Å². The molecule has 2 nitrogen and oxygen atoms in total. The van der Waals surface area contributed by atoms with Crippen molar-refractivity contribution >= 4 is 52.0 Å². The zero-order valence-corrected chi connectivity index (χ0v) is 18.7. The van der Waals surface area contributed by atoms with Crippen LogP contribution in [0.5, 0.6) is 0 Å². The van der Waals surface area contributed by atoms with E-state index >= 15 is 0 Å². The number of aliphatic hydroxyl groups is 1. The van der Waals surface area contributed by atoms with Crippen LogP contribution in [-0.2, 0) is 24.7 Å². The van der Waals surface area contributed by atoms with Crippen LogP contribution in [0.25, 0.3) is 10.8 Å². The van der Waals surface area contributed by atoms with Gasteiger partial charge in [-0.1, -0.05) is 25.8 Å². The van der Waals surface area contributed by atoms with Gasteiger partial charge in [-0.3, -0.25) is 0 Å². The van der Waals surface area contributed by atoms with E-state index in [0.29, 0.717) is 0 Å². The molecule has 2 aromatic rings. The van der Waals surface area contributed by atoms with Gasteiger partial charge in [0.25, 0.3) is 0 Å². The molecular formula is C14H23Cl2O2Si2Zr-3. The maximum atomic E-state index is 9.01. The SMILES string of the molecule is C[Si]C.Cl.Cl.[CH2-]CO.[CH3-].[O]=[Zr]=[Si].c1ccc2[cH-]ccc2c1. The van der Waals surface area contributed by atoms with Crippen LogP contribution in [0.1, 0.15) is 0 Å². The number of benzene rings is 1. The molecular weight excluding hydrogens is 418 g/mol. The predicted molar refractivity (Wildman–Crippen MR) is 96.8 cm³/mol. The Bertz CT molecular complexity index is 401. The van der Waals surface area contributed by atoms with Crippen molar-refractivity contribution in [1.29, 1.82) is 0 Å². The minimum absolute atomic E-state index is 0. The molecule has 0 heterocycles. The summed E-state index contributed by atoms with van der Waals surface area (Å²) in [5, 5.41) is 10.1. The Morgan fingerprint density at radius 2 is 1.67 bits per heavy atom. The molecule has 2 aromatic carbocycles. The van der Waals surface area contributed by atoms with Crippen molar-refractivity contribution in [1.82, 2.24) is 0 Å². The summed E-state index contributed by atoms with van der Waals surface area (Å²) in [5.74, 6) is 0. The summed E-state index contributed by atoms with van der Waals surface area (Å²) in [6.07, 6.45) is 0. The van der Waals surface area contributed by atoms with E-state index in [1.165, 1.54) is 10.8 Å². The number of rotatable bonds is 0. The number of halogens is 2. The van der Waals surface area contributed by atoms with Crippen LogP contribution < -0.4 is 0 Å². The molecule has 1 N–H and O–H groups in total. The molecule has 0 fully saturated rings. The van der Waals surface area contributed by atoms with Gasteiger partial charge < -0.3 is 19.5 Å². The summed E-state index contributed by atoms with van der Waals surface area (Å²) >= 11 is -1.21. The first-order chi connectivity index (χ1) is 8.71. The van der Waals surface area contributed by atoms with Crippen LogP contribution in [0.2, 0.25) is 13.1 Å². The van der Waals surface area contributed by atoms with Gasteiger partial charge in [0, 0.05) is 9.52 Å². The summed E-state index contributed by atoms with van der Waals surface area (Å²) in [5.41, 5.74) is 0. The van der Waals surface area contributed by atoms with Gasteiger partial charge in [-0.2, -0.15) is 17.5 Å². The third kappa shape index (κ3) is 22.9. The first-order valence-corrected chi connectivity index (χ1v) is 12.5. The van der Waals surface area contributed by atoms with Crippen molar-refractivity contribution in [3.05, 3.63) is 56.8 Å². The zero-order chi connectivity index (χ0) is 14.2. The molecule has 0 spiro atoms. The Morgan fingerprint density at radius 1 is 1.29 bits per heavy atom. The zero-order valence-electron chi connectivity index (χ0n) is 12.6. The minimum Gasteiger partial charge on any atom is -0.168 e. The van der Waals surface area contributed by atoms with Gasteiger partial charge in [-0.05, 0) is 0 Å². The molecule has 4 radical (unpaired) electrons. The smallest absolute Gasteiger partial charge is 0.0809 e. The molecule has 0 unspecified atom stereocenters. The van der Waals surface area contributed by atoms with E-state index in [-0.39, 0.29) is 38.8 Å². The molecule has 0 atom stereocenters. The third-order valence-corrected chi connectivity index (χ3v) is 1.55. The van der Waals surface area contributed by atoms with Crippen molar-refractivity contribution in [2.75, 3.05) is 6.61 Å². The molecule has 0 aliphatic rings. The average molecular weight is 442 g/mol. The second kappa shape index (κ2) is 28.6. The van der Waals surface area contributed by atoms with Gasteiger partial charge in [-0.15, -0.1) is 54.5 Å². The molecule has 21 heavy (non-hydrogen) atoms. The Morgan fingerprint density at radius 3 is 2.05 bits per heavy atom. The van der Waals surface area contributed by atoms with Crippen molar-refractivity contribution in [3.8, 4) is 0 Å². The van der Waals surface area contributed by atoms with Crippen molar-refractivity contribution in [3.63, 3.8) is 0 Å². The molecule has 0 saturated carbocycles. The topological polar surface area (TPSA) is 37.3 Å². The van der Waals surface area contributed by atoms with E-state index in [2.05, 4.69) is 69.4 Å². The summed E-state index contributed by atoms with van der Waals surface area (Å²) in [4.78, 5) is 0. The molecule has 7 heteroatoms. The van der Waals surface area contributed by atoms with Gasteiger partial charge in [0.05, 0.1) is 0 Å². The second-order valence-electron chi connectivity index (χ2n) is 2.98. The minimum atomic E-state index is -1.21. The van der Waals surface area contributed by atoms with Crippen LogP contribution in [0.15, 0.2) is 42.5 Å². The quantitative estimate of drug-likeness (QED) is 0.497. The normalized spacial score (nSPS) is 6.48. The Labute approximate surface area is 157 Å². The van der Waals surface area contributed by atoms with E-state index in [1.807, 2.05) is 0 Å². The molecule has 120 valence electrons. The average Bonchev–Trinajstić information content (AvgIpc) is 2.80. The molecule has 0 bridgehead atoms. The number of fused-ring (bicyclic) bond motifs is 1. The molecule has 0 aliphatic carbocycles. The second-order valence-corrected chi connectivity index (χ2v) is 5.69. The molecule has 2 rings (SSSR count). The van der Waals surface area contributed by atoms with E-state index in [1.54, 1.807) is 0 Å². The Balaban J connectivity index is -0.0000000622. The number of hydrogen-bond donors (Lipinski definition) is 1. The van der Waals surface area contributed by atoms with Crippen molar-refractivity contribution < 1.29 is 29.8 Å². The maximum absolute atomic E-state index is 9.01.